The van der Waals surface area contributed by atoms with Crippen LogP contribution in [0.3, 0.4) is 0 Å². The summed E-state index contributed by atoms with van der Waals surface area (Å²) in [5.74, 6) is 0.644. The highest BCUT2D eigenvalue weighted by Gasteiger charge is 2.30. The summed E-state index contributed by atoms with van der Waals surface area (Å²) >= 11 is 0. The molecule has 3 heterocycles. The van der Waals surface area contributed by atoms with E-state index in [4.69, 9.17) is 4.42 Å². The molecule has 0 spiro atoms. The third-order valence-corrected chi connectivity index (χ3v) is 6.51. The van der Waals surface area contributed by atoms with E-state index in [1.54, 1.807) is 0 Å². The lowest BCUT2D eigenvalue weighted by Crippen LogP contribution is -2.41. The Morgan fingerprint density at radius 3 is 2.52 bits per heavy atom. The number of rotatable bonds is 4. The molecule has 1 N–H and O–H groups in total. The molecule has 1 amide bonds. The zero-order valence-corrected chi connectivity index (χ0v) is 17.4. The fourth-order valence-electron chi connectivity index (χ4n) is 4.74. The monoisotopic (exact) mass is 398 g/mol. The summed E-state index contributed by atoms with van der Waals surface area (Å²) in [5.41, 5.74) is 2.50. The number of hydrogen-bond acceptors (Lipinski definition) is 5. The van der Waals surface area contributed by atoms with Crippen molar-refractivity contribution < 1.29 is 14.3 Å². The maximum Gasteiger partial charge on any atom is 0.336 e. The zero-order chi connectivity index (χ0) is 20.5. The van der Waals surface area contributed by atoms with Gasteiger partial charge >= 0.3 is 5.63 Å². The Bertz CT molecular complexity index is 967. The number of phenolic OH excluding ortho intramolecular Hbond substituents is 1. The highest BCUT2D eigenvalue weighted by atomic mass is 16.4. The third-order valence-electron chi connectivity index (χ3n) is 6.51. The summed E-state index contributed by atoms with van der Waals surface area (Å²) in [6, 6.07) is 3.42. The van der Waals surface area contributed by atoms with Crippen LogP contribution in [0.1, 0.15) is 49.3 Å². The molecule has 6 nitrogen and oxygen atoms in total. The molecule has 2 aliphatic heterocycles. The molecule has 6 heteroatoms. The molecule has 0 radical (unpaired) electrons. The van der Waals surface area contributed by atoms with Gasteiger partial charge in [0.25, 0.3) is 0 Å². The van der Waals surface area contributed by atoms with Crippen molar-refractivity contribution in [3.05, 3.63) is 39.2 Å². The highest BCUT2D eigenvalue weighted by molar-refractivity contribution is 5.86. The minimum Gasteiger partial charge on any atom is -0.507 e. The van der Waals surface area contributed by atoms with Crippen molar-refractivity contribution in [3.63, 3.8) is 0 Å². The average Bonchev–Trinajstić information content (AvgIpc) is 3.25. The molecular weight excluding hydrogens is 368 g/mol. The van der Waals surface area contributed by atoms with Gasteiger partial charge in [0, 0.05) is 37.0 Å². The Kier molecular flexibility index (Phi) is 5.63. The second-order valence-electron chi connectivity index (χ2n) is 8.42. The summed E-state index contributed by atoms with van der Waals surface area (Å²) < 4.78 is 5.52. The van der Waals surface area contributed by atoms with E-state index in [-0.39, 0.29) is 11.7 Å². The molecule has 0 atom stereocenters. The molecule has 2 aromatic rings. The minimum atomic E-state index is -0.394. The fourth-order valence-corrected chi connectivity index (χ4v) is 4.74. The van der Waals surface area contributed by atoms with Gasteiger partial charge in [0.2, 0.25) is 5.91 Å². The second kappa shape index (κ2) is 8.19. The van der Waals surface area contributed by atoms with Gasteiger partial charge in [-0.1, -0.05) is 6.92 Å². The van der Waals surface area contributed by atoms with Crippen LogP contribution in [0.2, 0.25) is 0 Å². The number of benzene rings is 1. The lowest BCUT2D eigenvalue weighted by molar-refractivity contribution is -0.136. The number of phenols is 1. The van der Waals surface area contributed by atoms with E-state index < -0.39 is 5.63 Å². The van der Waals surface area contributed by atoms with Crippen molar-refractivity contribution in [1.29, 1.82) is 0 Å². The van der Waals surface area contributed by atoms with Crippen LogP contribution < -0.4 is 5.63 Å². The largest absolute Gasteiger partial charge is 0.507 e. The topological polar surface area (TPSA) is 74.0 Å². The first-order valence-electron chi connectivity index (χ1n) is 10.8. The van der Waals surface area contributed by atoms with Gasteiger partial charge in [0.1, 0.15) is 11.3 Å². The number of likely N-dealkylation sites (tertiary alicyclic amines) is 2. The van der Waals surface area contributed by atoms with E-state index in [1.807, 2.05) is 24.8 Å². The van der Waals surface area contributed by atoms with Crippen molar-refractivity contribution in [2.45, 2.75) is 52.5 Å². The number of nitrogens with zero attached hydrogens (tertiary/aromatic N) is 2. The van der Waals surface area contributed by atoms with Crippen LogP contribution in [-0.2, 0) is 17.8 Å². The number of aromatic hydroxyl groups is 1. The van der Waals surface area contributed by atoms with Crippen LogP contribution in [0, 0.1) is 12.8 Å². The maximum atomic E-state index is 12.7. The first-order valence-corrected chi connectivity index (χ1v) is 10.8. The van der Waals surface area contributed by atoms with Crippen molar-refractivity contribution >= 4 is 16.9 Å². The first kappa shape index (κ1) is 20.0. The predicted octanol–water partition coefficient (Wildman–Crippen LogP) is 3.20. The van der Waals surface area contributed by atoms with Crippen molar-refractivity contribution in [2.24, 2.45) is 5.92 Å². The molecule has 156 valence electrons. The van der Waals surface area contributed by atoms with Gasteiger partial charge in [-0.25, -0.2) is 4.79 Å². The van der Waals surface area contributed by atoms with Crippen molar-refractivity contribution in [2.75, 3.05) is 26.2 Å². The number of aryl methyl sites for hydroxylation is 2. The summed E-state index contributed by atoms with van der Waals surface area (Å²) in [6.07, 6.45) is 4.62. The van der Waals surface area contributed by atoms with Crippen LogP contribution in [-0.4, -0.2) is 47.0 Å². The molecular formula is C23H30N2O4. The SMILES string of the molecule is CCc1cc2c(C)cc(=O)oc2c(CN2CCC(C(=O)N3CCCC3)CC2)c1O. The smallest absolute Gasteiger partial charge is 0.336 e. The van der Waals surface area contributed by atoms with Gasteiger partial charge in [-0.2, -0.15) is 0 Å². The fraction of sp³-hybridized carbons (Fsp3) is 0.565. The van der Waals surface area contributed by atoms with Crippen molar-refractivity contribution in [3.8, 4) is 5.75 Å². The Hall–Kier alpha value is -2.34. The summed E-state index contributed by atoms with van der Waals surface area (Å²) in [4.78, 5) is 28.9. The molecule has 29 heavy (non-hydrogen) atoms. The average molecular weight is 399 g/mol. The number of amides is 1. The van der Waals surface area contributed by atoms with E-state index in [1.165, 1.54) is 6.07 Å². The second-order valence-corrected chi connectivity index (χ2v) is 8.42. The van der Waals surface area contributed by atoms with Crippen LogP contribution in [0.4, 0.5) is 0 Å². The Labute approximate surface area is 171 Å². The summed E-state index contributed by atoms with van der Waals surface area (Å²) in [6.45, 7) is 7.84. The molecule has 0 saturated carbocycles. The lowest BCUT2D eigenvalue weighted by atomic mass is 9.94. The highest BCUT2D eigenvalue weighted by Crippen LogP contribution is 2.34. The number of fused-ring (bicyclic) bond motifs is 1. The van der Waals surface area contributed by atoms with E-state index in [9.17, 15) is 14.7 Å². The lowest BCUT2D eigenvalue weighted by Gasteiger charge is -2.33. The molecule has 4 rings (SSSR count). The molecule has 1 aromatic carbocycles. The molecule has 2 aliphatic rings. The quantitative estimate of drug-likeness (QED) is 0.801. The van der Waals surface area contributed by atoms with Crippen LogP contribution in [0.5, 0.6) is 5.75 Å². The standard InChI is InChI=1S/C23H30N2O4/c1-3-16-13-18-15(2)12-20(26)29-22(18)19(21(16)27)14-24-10-6-17(7-11-24)23(28)25-8-4-5-9-25/h12-13,17,27H,3-11,14H2,1-2H3. The van der Waals surface area contributed by atoms with Crippen LogP contribution in [0.15, 0.2) is 21.3 Å². The molecule has 0 aliphatic carbocycles. The molecule has 2 saturated heterocycles. The first-order chi connectivity index (χ1) is 14.0. The van der Waals surface area contributed by atoms with Gasteiger partial charge in [0.15, 0.2) is 0 Å². The maximum absolute atomic E-state index is 12.7. The Morgan fingerprint density at radius 2 is 1.86 bits per heavy atom. The predicted molar refractivity (Wildman–Crippen MR) is 112 cm³/mol. The molecule has 2 fully saturated rings. The van der Waals surface area contributed by atoms with E-state index in [2.05, 4.69) is 4.90 Å². The summed E-state index contributed by atoms with van der Waals surface area (Å²) in [5, 5.41) is 11.7. The van der Waals surface area contributed by atoms with Crippen molar-refractivity contribution in [1.82, 2.24) is 9.80 Å². The van der Waals surface area contributed by atoms with Gasteiger partial charge in [-0.05, 0) is 69.3 Å². The van der Waals surface area contributed by atoms with Crippen LogP contribution >= 0.6 is 0 Å². The third kappa shape index (κ3) is 3.90. The minimum absolute atomic E-state index is 0.108. The Balaban J connectivity index is 1.54. The number of carbonyl (C=O) groups excluding carboxylic acids is 1. The van der Waals surface area contributed by atoms with Crippen LogP contribution in [0.25, 0.3) is 11.0 Å². The number of hydrogen-bond donors (Lipinski definition) is 1. The van der Waals surface area contributed by atoms with E-state index >= 15 is 0 Å². The van der Waals surface area contributed by atoms with Gasteiger partial charge in [0.05, 0.1) is 5.56 Å². The van der Waals surface area contributed by atoms with Gasteiger partial charge in [-0.3, -0.25) is 9.69 Å². The summed E-state index contributed by atoms with van der Waals surface area (Å²) in [7, 11) is 0. The normalized spacial score (nSPS) is 18.6. The number of piperidine rings is 1. The van der Waals surface area contributed by atoms with E-state index in [0.717, 1.165) is 68.4 Å². The van der Waals surface area contributed by atoms with Gasteiger partial charge < -0.3 is 14.4 Å². The zero-order valence-electron chi connectivity index (χ0n) is 17.4. The van der Waals surface area contributed by atoms with E-state index in [0.29, 0.717) is 30.0 Å². The molecule has 0 unspecified atom stereocenters. The molecule has 0 bridgehead atoms. The van der Waals surface area contributed by atoms with Gasteiger partial charge in [-0.15, -0.1) is 0 Å². The number of carbonyl (C=O) groups is 1. The Morgan fingerprint density at radius 1 is 1.17 bits per heavy atom. The molecule has 1 aromatic heterocycles.